The zero-order valence-corrected chi connectivity index (χ0v) is 11.7. The van der Waals surface area contributed by atoms with Crippen LogP contribution in [0.25, 0.3) is 0 Å². The second kappa shape index (κ2) is 8.91. The lowest BCUT2D eigenvalue weighted by Gasteiger charge is -2.23. The van der Waals surface area contributed by atoms with E-state index in [1.807, 2.05) is 30.3 Å². The minimum Gasteiger partial charge on any atom is -0.491 e. The van der Waals surface area contributed by atoms with Crippen molar-refractivity contribution in [3.8, 4) is 5.75 Å². The molecule has 0 heterocycles. The molecule has 2 unspecified atom stereocenters. The number of nitrogens with one attached hydrogen (secondary N) is 1. The number of aliphatic hydroxyl groups is 2. The fourth-order valence-electron chi connectivity index (χ4n) is 1.87. The van der Waals surface area contributed by atoms with Gasteiger partial charge < -0.3 is 20.3 Å². The van der Waals surface area contributed by atoms with E-state index in [0.29, 0.717) is 18.9 Å². The molecule has 0 saturated carbocycles. The summed E-state index contributed by atoms with van der Waals surface area (Å²) in [6.45, 7) is 5.09. The van der Waals surface area contributed by atoms with E-state index in [9.17, 15) is 5.11 Å². The standard InChI is InChI=1S/C15H25NO3/c1-12(2)15(8-9-17)16-10-13(18)11-19-14-6-4-3-5-7-14/h3-7,12-13,15-18H,8-11H2,1-2H3. The highest BCUT2D eigenvalue weighted by Gasteiger charge is 2.14. The first kappa shape index (κ1) is 16.0. The third-order valence-corrected chi connectivity index (χ3v) is 3.05. The van der Waals surface area contributed by atoms with E-state index < -0.39 is 6.10 Å². The quantitative estimate of drug-likeness (QED) is 0.633. The van der Waals surface area contributed by atoms with Crippen molar-refractivity contribution < 1.29 is 14.9 Å². The highest BCUT2D eigenvalue weighted by atomic mass is 16.5. The highest BCUT2D eigenvalue weighted by Crippen LogP contribution is 2.09. The number of rotatable bonds is 9. The molecule has 0 bridgehead atoms. The molecular formula is C15H25NO3. The molecule has 0 aliphatic rings. The van der Waals surface area contributed by atoms with Gasteiger partial charge in [-0.1, -0.05) is 32.0 Å². The monoisotopic (exact) mass is 267 g/mol. The lowest BCUT2D eigenvalue weighted by Crippen LogP contribution is -2.41. The SMILES string of the molecule is CC(C)C(CCO)NCC(O)COc1ccccc1. The van der Waals surface area contributed by atoms with Gasteiger partial charge >= 0.3 is 0 Å². The Morgan fingerprint density at radius 2 is 1.89 bits per heavy atom. The molecule has 4 heteroatoms. The maximum Gasteiger partial charge on any atom is 0.119 e. The summed E-state index contributed by atoms with van der Waals surface area (Å²) < 4.78 is 5.48. The highest BCUT2D eigenvalue weighted by molar-refractivity contribution is 5.20. The van der Waals surface area contributed by atoms with Crippen LogP contribution in [0.1, 0.15) is 20.3 Å². The van der Waals surface area contributed by atoms with E-state index in [-0.39, 0.29) is 19.3 Å². The summed E-state index contributed by atoms with van der Waals surface area (Å²) in [4.78, 5) is 0. The number of para-hydroxylation sites is 1. The van der Waals surface area contributed by atoms with Gasteiger partial charge in [0.1, 0.15) is 18.5 Å². The van der Waals surface area contributed by atoms with E-state index in [2.05, 4.69) is 19.2 Å². The van der Waals surface area contributed by atoms with E-state index >= 15 is 0 Å². The van der Waals surface area contributed by atoms with E-state index in [4.69, 9.17) is 9.84 Å². The summed E-state index contributed by atoms with van der Waals surface area (Å²) in [6.07, 6.45) is 0.143. The lowest BCUT2D eigenvalue weighted by molar-refractivity contribution is 0.0995. The predicted octanol–water partition coefficient (Wildman–Crippen LogP) is 1.42. The van der Waals surface area contributed by atoms with Crippen LogP contribution in [0.4, 0.5) is 0 Å². The van der Waals surface area contributed by atoms with Crippen LogP contribution in [0.3, 0.4) is 0 Å². The van der Waals surface area contributed by atoms with Gasteiger partial charge in [0, 0.05) is 19.2 Å². The van der Waals surface area contributed by atoms with Crippen molar-refractivity contribution in [3.05, 3.63) is 30.3 Å². The van der Waals surface area contributed by atoms with Crippen LogP contribution in [0.15, 0.2) is 30.3 Å². The molecule has 0 radical (unpaired) electrons. The van der Waals surface area contributed by atoms with Crippen LogP contribution >= 0.6 is 0 Å². The molecule has 0 spiro atoms. The van der Waals surface area contributed by atoms with Crippen molar-refractivity contribution >= 4 is 0 Å². The molecule has 0 amide bonds. The summed E-state index contributed by atoms with van der Waals surface area (Å²) in [7, 11) is 0. The van der Waals surface area contributed by atoms with Gasteiger partial charge in [-0.25, -0.2) is 0 Å². The minimum absolute atomic E-state index is 0.159. The first-order valence-corrected chi connectivity index (χ1v) is 6.83. The Bertz CT molecular complexity index is 329. The van der Waals surface area contributed by atoms with E-state index in [1.54, 1.807) is 0 Å². The maximum absolute atomic E-state index is 9.86. The number of benzene rings is 1. The molecule has 2 atom stereocenters. The number of aliphatic hydroxyl groups excluding tert-OH is 2. The van der Waals surface area contributed by atoms with Gasteiger partial charge in [0.2, 0.25) is 0 Å². The summed E-state index contributed by atoms with van der Waals surface area (Å²) in [6, 6.07) is 9.67. The van der Waals surface area contributed by atoms with Crippen molar-refractivity contribution in [2.45, 2.75) is 32.4 Å². The van der Waals surface area contributed by atoms with Crippen molar-refractivity contribution in [2.75, 3.05) is 19.8 Å². The Morgan fingerprint density at radius 1 is 1.21 bits per heavy atom. The zero-order chi connectivity index (χ0) is 14.1. The van der Waals surface area contributed by atoms with Gasteiger partial charge in [0.15, 0.2) is 0 Å². The molecule has 0 aliphatic carbocycles. The van der Waals surface area contributed by atoms with Crippen LogP contribution < -0.4 is 10.1 Å². The minimum atomic E-state index is -0.555. The van der Waals surface area contributed by atoms with Crippen LogP contribution in [0.2, 0.25) is 0 Å². The average Bonchev–Trinajstić information content (AvgIpc) is 2.42. The molecule has 0 aromatic heterocycles. The van der Waals surface area contributed by atoms with Crippen LogP contribution in [0, 0.1) is 5.92 Å². The zero-order valence-electron chi connectivity index (χ0n) is 11.7. The van der Waals surface area contributed by atoms with Crippen molar-refractivity contribution in [3.63, 3.8) is 0 Å². The summed E-state index contributed by atoms with van der Waals surface area (Å²) in [5, 5.41) is 22.1. The molecule has 3 N–H and O–H groups in total. The van der Waals surface area contributed by atoms with Crippen LogP contribution in [-0.2, 0) is 0 Å². The van der Waals surface area contributed by atoms with Gasteiger partial charge in [-0.15, -0.1) is 0 Å². The number of hydrogen-bond acceptors (Lipinski definition) is 4. The molecular weight excluding hydrogens is 242 g/mol. The van der Waals surface area contributed by atoms with Gasteiger partial charge in [-0.05, 0) is 24.5 Å². The molecule has 4 nitrogen and oxygen atoms in total. The normalized spacial score (nSPS) is 14.4. The van der Waals surface area contributed by atoms with Gasteiger partial charge in [0.05, 0.1) is 0 Å². The molecule has 19 heavy (non-hydrogen) atoms. The van der Waals surface area contributed by atoms with Gasteiger partial charge in [-0.2, -0.15) is 0 Å². The third kappa shape index (κ3) is 6.57. The first-order chi connectivity index (χ1) is 9.13. The fraction of sp³-hybridized carbons (Fsp3) is 0.600. The van der Waals surface area contributed by atoms with Gasteiger partial charge in [0.25, 0.3) is 0 Å². The largest absolute Gasteiger partial charge is 0.491 e. The smallest absolute Gasteiger partial charge is 0.119 e. The fourth-order valence-corrected chi connectivity index (χ4v) is 1.87. The molecule has 1 rings (SSSR count). The molecule has 1 aromatic carbocycles. The summed E-state index contributed by atoms with van der Waals surface area (Å²) in [5.41, 5.74) is 0. The van der Waals surface area contributed by atoms with Crippen molar-refractivity contribution in [1.29, 1.82) is 0 Å². The van der Waals surface area contributed by atoms with Crippen molar-refractivity contribution in [1.82, 2.24) is 5.32 Å². The van der Waals surface area contributed by atoms with Crippen LogP contribution in [-0.4, -0.2) is 42.1 Å². The van der Waals surface area contributed by atoms with Crippen molar-refractivity contribution in [2.24, 2.45) is 5.92 Å². The number of ether oxygens (including phenoxy) is 1. The molecule has 0 fully saturated rings. The third-order valence-electron chi connectivity index (χ3n) is 3.05. The number of hydrogen-bond donors (Lipinski definition) is 3. The Labute approximate surface area is 115 Å². The second-order valence-electron chi connectivity index (χ2n) is 5.05. The molecule has 108 valence electrons. The Kier molecular flexibility index (Phi) is 7.48. The molecule has 1 aromatic rings. The summed E-state index contributed by atoms with van der Waals surface area (Å²) in [5.74, 6) is 1.19. The summed E-state index contributed by atoms with van der Waals surface area (Å²) >= 11 is 0. The topological polar surface area (TPSA) is 61.7 Å². The first-order valence-electron chi connectivity index (χ1n) is 6.83. The van der Waals surface area contributed by atoms with Crippen LogP contribution in [0.5, 0.6) is 5.75 Å². The Morgan fingerprint density at radius 3 is 2.47 bits per heavy atom. The van der Waals surface area contributed by atoms with E-state index in [1.165, 1.54) is 0 Å². The second-order valence-corrected chi connectivity index (χ2v) is 5.05. The average molecular weight is 267 g/mol. The lowest BCUT2D eigenvalue weighted by atomic mass is 10.0. The molecule has 0 aliphatic heterocycles. The Balaban J connectivity index is 2.25. The van der Waals surface area contributed by atoms with Gasteiger partial charge in [-0.3, -0.25) is 0 Å². The predicted molar refractivity (Wildman–Crippen MR) is 76.3 cm³/mol. The Hall–Kier alpha value is -1.10. The molecule has 0 saturated heterocycles. The maximum atomic E-state index is 9.86. The van der Waals surface area contributed by atoms with E-state index in [0.717, 1.165) is 5.75 Å².